The maximum Gasteiger partial charge on any atom is 0.226 e. The highest BCUT2D eigenvalue weighted by atomic mass is 16.2. The Morgan fingerprint density at radius 2 is 1.50 bits per heavy atom. The second kappa shape index (κ2) is 8.74. The molecule has 2 nitrogen and oxygen atoms in total. The maximum atomic E-state index is 14.4. The fourth-order valence-electron chi connectivity index (χ4n) is 11.5. The fourth-order valence-corrected chi connectivity index (χ4v) is 11.5. The molecule has 206 valence electrons. The number of hydrogen-bond acceptors (Lipinski definition) is 1. The highest BCUT2D eigenvalue weighted by Crippen LogP contribution is 2.72. The van der Waals surface area contributed by atoms with Gasteiger partial charge in [-0.2, -0.15) is 0 Å². The highest BCUT2D eigenvalue weighted by molar-refractivity contribution is 5.84. The van der Waals surface area contributed by atoms with Crippen molar-refractivity contribution in [2.75, 3.05) is 0 Å². The molecule has 0 aliphatic heterocycles. The smallest absolute Gasteiger partial charge is 0.226 e. The van der Waals surface area contributed by atoms with E-state index in [0.717, 1.165) is 42.4 Å². The van der Waals surface area contributed by atoms with E-state index in [4.69, 9.17) is 0 Å². The van der Waals surface area contributed by atoms with Crippen LogP contribution in [-0.4, -0.2) is 11.9 Å². The van der Waals surface area contributed by atoms with Crippen molar-refractivity contribution in [3.63, 3.8) is 0 Å². The fraction of sp³-hybridized carbons (Fsp3) is 0.971. The quantitative estimate of drug-likeness (QED) is 0.373. The van der Waals surface area contributed by atoms with Crippen LogP contribution >= 0.6 is 0 Å². The number of rotatable bonds is 7. The molecular formula is C34H59NO. The van der Waals surface area contributed by atoms with Gasteiger partial charge in [-0.05, 0) is 121 Å². The van der Waals surface area contributed by atoms with Crippen molar-refractivity contribution in [2.24, 2.45) is 62.6 Å². The third kappa shape index (κ3) is 3.87. The molecule has 5 aliphatic rings. The minimum atomic E-state index is -0.0906. The first kappa shape index (κ1) is 27.1. The number of hydrogen-bond donors (Lipinski definition) is 1. The summed E-state index contributed by atoms with van der Waals surface area (Å²) in [5.74, 6) is 4.94. The SMILES string of the molecule is CCCC(C)(C)C1CCC2C3C(C4(C)CC4)CCC3(C(=O)NC3CC(CC)C3(C)C)CCC2C1(C)C. The molecule has 0 aromatic carbocycles. The predicted molar refractivity (Wildman–Crippen MR) is 152 cm³/mol. The van der Waals surface area contributed by atoms with Crippen molar-refractivity contribution in [1.29, 1.82) is 0 Å². The second-order valence-electron chi connectivity index (χ2n) is 16.7. The summed E-state index contributed by atoms with van der Waals surface area (Å²) in [4.78, 5) is 14.4. The zero-order chi connectivity index (χ0) is 26.3. The van der Waals surface area contributed by atoms with Gasteiger partial charge in [0.15, 0.2) is 0 Å². The van der Waals surface area contributed by atoms with Gasteiger partial charge < -0.3 is 5.32 Å². The van der Waals surface area contributed by atoms with E-state index in [9.17, 15) is 4.79 Å². The van der Waals surface area contributed by atoms with Crippen molar-refractivity contribution < 1.29 is 4.79 Å². The summed E-state index contributed by atoms with van der Waals surface area (Å²) >= 11 is 0. The largest absolute Gasteiger partial charge is 0.352 e. The highest BCUT2D eigenvalue weighted by Gasteiger charge is 2.67. The number of nitrogens with one attached hydrogen (secondary N) is 1. The summed E-state index contributed by atoms with van der Waals surface area (Å²) in [6.07, 6.45) is 15.4. The second-order valence-corrected chi connectivity index (χ2v) is 16.7. The van der Waals surface area contributed by atoms with Crippen molar-refractivity contribution >= 4 is 5.91 Å². The molecule has 5 fully saturated rings. The number of carbonyl (C=O) groups is 1. The van der Waals surface area contributed by atoms with E-state index in [0.29, 0.717) is 34.1 Å². The van der Waals surface area contributed by atoms with Crippen LogP contribution in [0.5, 0.6) is 0 Å². The Morgan fingerprint density at radius 1 is 0.861 bits per heavy atom. The summed E-state index contributed by atoms with van der Waals surface area (Å²) in [5, 5.41) is 3.72. The minimum absolute atomic E-state index is 0.0906. The average molecular weight is 498 g/mol. The number of fused-ring (bicyclic) bond motifs is 3. The standard InChI is InChI=1S/C34H59NO/c1-10-16-30(3,4)26-13-12-23-24(32(26,7)8)14-17-34(18-15-25(28(23)34)33(9)19-20-33)29(36)35-27-21-22(11-2)31(27,5)6/h22-28H,10-21H2,1-9H3,(H,35,36). The molecule has 1 N–H and O–H groups in total. The molecule has 0 aromatic rings. The van der Waals surface area contributed by atoms with Crippen LogP contribution in [0.2, 0.25) is 0 Å². The average Bonchev–Trinajstić information content (AvgIpc) is 3.40. The van der Waals surface area contributed by atoms with E-state index >= 15 is 0 Å². The Bertz CT molecular complexity index is 849. The van der Waals surface area contributed by atoms with Gasteiger partial charge in [0.25, 0.3) is 0 Å². The summed E-state index contributed by atoms with van der Waals surface area (Å²) < 4.78 is 0. The molecule has 0 saturated heterocycles. The van der Waals surface area contributed by atoms with Gasteiger partial charge in [-0.15, -0.1) is 0 Å². The zero-order valence-corrected chi connectivity index (χ0v) is 25.4. The summed E-state index contributed by atoms with van der Waals surface area (Å²) in [6.45, 7) is 22.4. The molecule has 5 rings (SSSR count). The van der Waals surface area contributed by atoms with E-state index in [2.05, 4.69) is 67.6 Å². The van der Waals surface area contributed by atoms with Crippen LogP contribution in [0.4, 0.5) is 0 Å². The molecule has 0 radical (unpaired) electrons. The van der Waals surface area contributed by atoms with E-state index in [1.165, 1.54) is 64.2 Å². The lowest BCUT2D eigenvalue weighted by Gasteiger charge is -2.61. The van der Waals surface area contributed by atoms with Gasteiger partial charge >= 0.3 is 0 Å². The lowest BCUT2D eigenvalue weighted by atomic mass is 9.43. The molecule has 2 heteroatoms. The summed E-state index contributed by atoms with van der Waals surface area (Å²) in [7, 11) is 0. The normalized spacial score (nSPS) is 44.2. The maximum absolute atomic E-state index is 14.4. The Hall–Kier alpha value is -0.530. The van der Waals surface area contributed by atoms with E-state index < -0.39 is 0 Å². The van der Waals surface area contributed by atoms with Crippen molar-refractivity contribution in [3.8, 4) is 0 Å². The Balaban J connectivity index is 1.43. The lowest BCUT2D eigenvalue weighted by molar-refractivity contribution is -0.158. The zero-order valence-electron chi connectivity index (χ0n) is 25.4. The van der Waals surface area contributed by atoms with Gasteiger partial charge in [-0.25, -0.2) is 0 Å². The molecule has 0 bridgehead atoms. The van der Waals surface area contributed by atoms with Crippen LogP contribution in [0.3, 0.4) is 0 Å². The summed E-state index contributed by atoms with van der Waals surface area (Å²) in [5.41, 5.74) is 1.45. The van der Waals surface area contributed by atoms with Gasteiger partial charge in [0, 0.05) is 6.04 Å². The Labute approximate surface area is 223 Å². The third-order valence-electron chi connectivity index (χ3n) is 14.0. The van der Waals surface area contributed by atoms with Crippen molar-refractivity contribution in [1.82, 2.24) is 5.32 Å². The minimum Gasteiger partial charge on any atom is -0.352 e. The molecule has 0 spiro atoms. The van der Waals surface area contributed by atoms with Crippen LogP contribution in [0, 0.1) is 62.6 Å². The molecule has 8 atom stereocenters. The molecule has 5 aliphatic carbocycles. The number of amides is 1. The first-order valence-electron chi connectivity index (χ1n) is 16.1. The Kier molecular flexibility index (Phi) is 6.57. The van der Waals surface area contributed by atoms with E-state index in [-0.39, 0.29) is 10.8 Å². The van der Waals surface area contributed by atoms with Crippen LogP contribution in [-0.2, 0) is 4.79 Å². The monoisotopic (exact) mass is 497 g/mol. The first-order valence-corrected chi connectivity index (χ1v) is 16.1. The van der Waals surface area contributed by atoms with Crippen LogP contribution in [0.1, 0.15) is 139 Å². The van der Waals surface area contributed by atoms with E-state index in [1.54, 1.807) is 0 Å². The van der Waals surface area contributed by atoms with Crippen molar-refractivity contribution in [2.45, 2.75) is 145 Å². The van der Waals surface area contributed by atoms with Gasteiger partial charge in [0.2, 0.25) is 5.91 Å². The molecule has 36 heavy (non-hydrogen) atoms. The molecular weight excluding hydrogens is 438 g/mol. The molecule has 0 heterocycles. The lowest BCUT2D eigenvalue weighted by Crippen LogP contribution is -2.63. The Morgan fingerprint density at radius 3 is 2.06 bits per heavy atom. The first-order chi connectivity index (χ1) is 16.7. The van der Waals surface area contributed by atoms with E-state index in [1.807, 2.05) is 0 Å². The van der Waals surface area contributed by atoms with Gasteiger partial charge in [-0.3, -0.25) is 4.79 Å². The third-order valence-corrected chi connectivity index (χ3v) is 14.0. The van der Waals surface area contributed by atoms with Crippen LogP contribution in [0.15, 0.2) is 0 Å². The van der Waals surface area contributed by atoms with Gasteiger partial charge in [0.1, 0.15) is 0 Å². The molecule has 5 saturated carbocycles. The van der Waals surface area contributed by atoms with Crippen molar-refractivity contribution in [3.05, 3.63) is 0 Å². The predicted octanol–water partition coefficient (Wildman–Crippen LogP) is 9.03. The van der Waals surface area contributed by atoms with Gasteiger partial charge in [-0.1, -0.05) is 75.2 Å². The summed E-state index contributed by atoms with van der Waals surface area (Å²) in [6, 6.07) is 0.375. The van der Waals surface area contributed by atoms with Crippen LogP contribution < -0.4 is 5.32 Å². The molecule has 1 amide bonds. The van der Waals surface area contributed by atoms with Gasteiger partial charge in [0.05, 0.1) is 5.41 Å². The number of carbonyl (C=O) groups excluding carboxylic acids is 1. The topological polar surface area (TPSA) is 29.1 Å². The molecule has 8 unspecified atom stereocenters. The molecule has 0 aromatic heterocycles. The van der Waals surface area contributed by atoms with Crippen LogP contribution in [0.25, 0.3) is 0 Å².